The van der Waals surface area contributed by atoms with Gasteiger partial charge in [0, 0.05) is 37.7 Å². The van der Waals surface area contributed by atoms with Crippen LogP contribution >= 0.6 is 0 Å². The van der Waals surface area contributed by atoms with Gasteiger partial charge in [-0.1, -0.05) is 18.2 Å². The molecule has 2 aliphatic rings. The predicted octanol–water partition coefficient (Wildman–Crippen LogP) is 1.83. The Bertz CT molecular complexity index is 862. The average molecular weight is 382 g/mol. The highest BCUT2D eigenvalue weighted by molar-refractivity contribution is 5.89. The van der Waals surface area contributed by atoms with Crippen molar-refractivity contribution in [2.75, 3.05) is 19.6 Å². The van der Waals surface area contributed by atoms with E-state index in [2.05, 4.69) is 29.0 Å². The van der Waals surface area contributed by atoms with E-state index in [-0.39, 0.29) is 24.3 Å². The lowest BCUT2D eigenvalue weighted by Gasteiger charge is -2.38. The number of aromatic nitrogens is 1. The molecule has 7 heteroatoms. The van der Waals surface area contributed by atoms with Gasteiger partial charge in [0.2, 0.25) is 17.7 Å². The van der Waals surface area contributed by atoms with E-state index < -0.39 is 6.04 Å². The fourth-order valence-corrected chi connectivity index (χ4v) is 3.97. The molecule has 1 N–H and O–H groups in total. The molecule has 1 fully saturated rings. The highest BCUT2D eigenvalue weighted by Gasteiger charge is 2.35. The maximum atomic E-state index is 12.9. The number of hydrogen-bond acceptors (Lipinski definition) is 5. The van der Waals surface area contributed by atoms with Gasteiger partial charge in [0.05, 0.1) is 19.0 Å². The SMILES string of the molecule is CC(C)N1CCNC(=O)C1CC(=O)N1CCc2oc(-c3ccccc3)nc2C1. The van der Waals surface area contributed by atoms with E-state index in [4.69, 9.17) is 4.42 Å². The Morgan fingerprint density at radius 3 is 2.82 bits per heavy atom. The van der Waals surface area contributed by atoms with Crippen molar-refractivity contribution in [3.05, 3.63) is 41.8 Å². The molecule has 1 unspecified atom stereocenters. The predicted molar refractivity (Wildman–Crippen MR) is 104 cm³/mol. The largest absolute Gasteiger partial charge is 0.441 e. The third kappa shape index (κ3) is 3.67. The van der Waals surface area contributed by atoms with Gasteiger partial charge in [-0.05, 0) is 26.0 Å². The number of oxazole rings is 1. The standard InChI is InChI=1S/C21H26N4O3/c1-14(2)25-11-9-22-20(27)17(25)12-19(26)24-10-8-18-16(13-24)23-21(28-18)15-6-4-3-5-7-15/h3-7,14,17H,8-13H2,1-2H3,(H,22,27). The smallest absolute Gasteiger partial charge is 0.237 e. The third-order valence-electron chi connectivity index (χ3n) is 5.50. The van der Waals surface area contributed by atoms with Gasteiger partial charge >= 0.3 is 0 Å². The molecular formula is C21H26N4O3. The fourth-order valence-electron chi connectivity index (χ4n) is 3.97. The van der Waals surface area contributed by atoms with Gasteiger partial charge in [-0.15, -0.1) is 0 Å². The van der Waals surface area contributed by atoms with Crippen LogP contribution < -0.4 is 5.32 Å². The van der Waals surface area contributed by atoms with E-state index in [1.165, 1.54) is 0 Å². The molecule has 1 atom stereocenters. The summed E-state index contributed by atoms with van der Waals surface area (Å²) in [6.45, 7) is 6.55. The summed E-state index contributed by atoms with van der Waals surface area (Å²) in [6.07, 6.45) is 0.842. The minimum Gasteiger partial charge on any atom is -0.441 e. The van der Waals surface area contributed by atoms with Gasteiger partial charge < -0.3 is 14.6 Å². The van der Waals surface area contributed by atoms with Crippen LogP contribution in [0.4, 0.5) is 0 Å². The zero-order chi connectivity index (χ0) is 19.7. The normalized spacial score (nSPS) is 20.2. The lowest BCUT2D eigenvalue weighted by Crippen LogP contribution is -2.58. The zero-order valence-electron chi connectivity index (χ0n) is 16.4. The summed E-state index contributed by atoms with van der Waals surface area (Å²) in [4.78, 5) is 33.8. The summed E-state index contributed by atoms with van der Waals surface area (Å²) in [5.41, 5.74) is 1.74. The molecule has 7 nitrogen and oxygen atoms in total. The minimum atomic E-state index is -0.403. The molecule has 0 radical (unpaired) electrons. The van der Waals surface area contributed by atoms with E-state index in [1.807, 2.05) is 30.3 Å². The van der Waals surface area contributed by atoms with Crippen LogP contribution in [0.2, 0.25) is 0 Å². The summed E-state index contributed by atoms with van der Waals surface area (Å²) in [7, 11) is 0. The molecule has 0 aliphatic carbocycles. The monoisotopic (exact) mass is 382 g/mol. The van der Waals surface area contributed by atoms with Gasteiger partial charge in [0.1, 0.15) is 11.5 Å². The lowest BCUT2D eigenvalue weighted by molar-refractivity contribution is -0.140. The molecule has 2 aliphatic heterocycles. The van der Waals surface area contributed by atoms with Gasteiger partial charge in [-0.25, -0.2) is 4.98 Å². The number of benzene rings is 1. The van der Waals surface area contributed by atoms with Gasteiger partial charge in [-0.2, -0.15) is 0 Å². The Balaban J connectivity index is 1.46. The van der Waals surface area contributed by atoms with E-state index in [0.717, 1.165) is 23.6 Å². The molecular weight excluding hydrogens is 356 g/mol. The second-order valence-corrected chi connectivity index (χ2v) is 7.66. The molecule has 0 saturated carbocycles. The Morgan fingerprint density at radius 1 is 1.29 bits per heavy atom. The number of hydrogen-bond donors (Lipinski definition) is 1. The first-order chi connectivity index (χ1) is 13.5. The van der Waals surface area contributed by atoms with Crippen LogP contribution in [0.3, 0.4) is 0 Å². The van der Waals surface area contributed by atoms with E-state index in [1.54, 1.807) is 4.90 Å². The maximum absolute atomic E-state index is 12.9. The van der Waals surface area contributed by atoms with Crippen LogP contribution in [-0.4, -0.2) is 58.3 Å². The highest BCUT2D eigenvalue weighted by atomic mass is 16.4. The van der Waals surface area contributed by atoms with Crippen molar-refractivity contribution in [1.82, 2.24) is 20.1 Å². The topological polar surface area (TPSA) is 78.7 Å². The molecule has 2 aromatic rings. The van der Waals surface area contributed by atoms with Crippen LogP contribution in [0.5, 0.6) is 0 Å². The quantitative estimate of drug-likeness (QED) is 0.873. The Labute approximate surface area is 164 Å². The number of fused-ring (bicyclic) bond motifs is 1. The van der Waals surface area contributed by atoms with E-state index in [0.29, 0.717) is 31.9 Å². The first-order valence-corrected chi connectivity index (χ1v) is 9.88. The van der Waals surface area contributed by atoms with Crippen molar-refractivity contribution in [2.45, 2.75) is 45.3 Å². The molecule has 2 amide bonds. The Hall–Kier alpha value is -2.67. The van der Waals surface area contributed by atoms with Crippen molar-refractivity contribution in [1.29, 1.82) is 0 Å². The number of piperazine rings is 1. The molecule has 4 rings (SSSR count). The first kappa shape index (κ1) is 18.7. The number of carbonyl (C=O) groups excluding carboxylic acids is 2. The van der Waals surface area contributed by atoms with Crippen molar-refractivity contribution in [2.24, 2.45) is 0 Å². The molecule has 1 aromatic carbocycles. The maximum Gasteiger partial charge on any atom is 0.237 e. The van der Waals surface area contributed by atoms with Crippen LogP contribution in [0.1, 0.15) is 31.7 Å². The Morgan fingerprint density at radius 2 is 2.07 bits per heavy atom. The number of carbonyl (C=O) groups is 2. The highest BCUT2D eigenvalue weighted by Crippen LogP contribution is 2.26. The molecule has 1 aromatic heterocycles. The second kappa shape index (κ2) is 7.75. The number of rotatable bonds is 4. The lowest BCUT2D eigenvalue weighted by atomic mass is 10.0. The molecule has 0 bridgehead atoms. The third-order valence-corrected chi connectivity index (χ3v) is 5.50. The van der Waals surface area contributed by atoms with Crippen molar-refractivity contribution < 1.29 is 14.0 Å². The van der Waals surface area contributed by atoms with Crippen molar-refractivity contribution in [3.8, 4) is 11.5 Å². The summed E-state index contributed by atoms with van der Waals surface area (Å²) in [5.74, 6) is 1.38. The number of nitrogens with one attached hydrogen (secondary N) is 1. The molecule has 148 valence electrons. The summed E-state index contributed by atoms with van der Waals surface area (Å²) in [5, 5.41) is 2.88. The van der Waals surface area contributed by atoms with Gasteiger partial charge in [-0.3, -0.25) is 14.5 Å². The molecule has 0 spiro atoms. The van der Waals surface area contributed by atoms with Crippen LogP contribution in [0, 0.1) is 0 Å². The summed E-state index contributed by atoms with van der Waals surface area (Å²) < 4.78 is 5.91. The summed E-state index contributed by atoms with van der Waals surface area (Å²) in [6, 6.07) is 9.59. The first-order valence-electron chi connectivity index (χ1n) is 9.88. The van der Waals surface area contributed by atoms with Crippen LogP contribution in [-0.2, 0) is 22.6 Å². The number of amides is 2. The zero-order valence-corrected chi connectivity index (χ0v) is 16.4. The molecule has 1 saturated heterocycles. The minimum absolute atomic E-state index is 0.0115. The van der Waals surface area contributed by atoms with Crippen molar-refractivity contribution >= 4 is 11.8 Å². The number of nitrogens with zero attached hydrogens (tertiary/aromatic N) is 3. The van der Waals surface area contributed by atoms with E-state index in [9.17, 15) is 9.59 Å². The summed E-state index contributed by atoms with van der Waals surface area (Å²) >= 11 is 0. The van der Waals surface area contributed by atoms with Gasteiger partial charge in [0.15, 0.2) is 0 Å². The fraction of sp³-hybridized carbons (Fsp3) is 0.476. The molecule has 3 heterocycles. The van der Waals surface area contributed by atoms with Gasteiger partial charge in [0.25, 0.3) is 0 Å². The van der Waals surface area contributed by atoms with Crippen molar-refractivity contribution in [3.63, 3.8) is 0 Å². The second-order valence-electron chi connectivity index (χ2n) is 7.66. The molecule has 28 heavy (non-hydrogen) atoms. The van der Waals surface area contributed by atoms with Crippen LogP contribution in [0.15, 0.2) is 34.7 Å². The Kier molecular flexibility index (Phi) is 5.17. The van der Waals surface area contributed by atoms with Crippen LogP contribution in [0.25, 0.3) is 11.5 Å². The average Bonchev–Trinajstić information content (AvgIpc) is 3.13. The van der Waals surface area contributed by atoms with E-state index >= 15 is 0 Å².